The lowest BCUT2D eigenvalue weighted by atomic mass is 9.95. The zero-order valence-corrected chi connectivity index (χ0v) is 13.0. The van der Waals surface area contributed by atoms with Gasteiger partial charge in [-0.1, -0.05) is 31.4 Å². The van der Waals surface area contributed by atoms with E-state index in [2.05, 4.69) is 33.1 Å². The highest BCUT2D eigenvalue weighted by Crippen LogP contribution is 2.17. The van der Waals surface area contributed by atoms with E-state index in [0.29, 0.717) is 25.0 Å². The van der Waals surface area contributed by atoms with Crippen LogP contribution >= 0.6 is 0 Å². The fraction of sp³-hybridized carbons (Fsp3) is 0.750. The van der Waals surface area contributed by atoms with Gasteiger partial charge in [-0.25, -0.2) is 0 Å². The van der Waals surface area contributed by atoms with Gasteiger partial charge in [0.15, 0.2) is 5.96 Å². The van der Waals surface area contributed by atoms with Crippen molar-refractivity contribution >= 4 is 11.9 Å². The third kappa shape index (κ3) is 5.78. The number of hydrogen-bond acceptors (Lipinski definition) is 2. The Morgan fingerprint density at radius 1 is 1.10 bits per heavy atom. The van der Waals surface area contributed by atoms with E-state index < -0.39 is 0 Å². The Kier molecular flexibility index (Phi) is 6.57. The summed E-state index contributed by atoms with van der Waals surface area (Å²) in [5.74, 6) is 0.932. The third-order valence-corrected chi connectivity index (χ3v) is 4.19. The third-order valence-electron chi connectivity index (χ3n) is 4.19. The van der Waals surface area contributed by atoms with Crippen LogP contribution in [-0.4, -0.2) is 37.5 Å². The van der Waals surface area contributed by atoms with Crippen LogP contribution < -0.4 is 16.0 Å². The van der Waals surface area contributed by atoms with Gasteiger partial charge in [0.2, 0.25) is 5.91 Å². The van der Waals surface area contributed by atoms with Crippen LogP contribution in [-0.2, 0) is 4.79 Å². The molecule has 21 heavy (non-hydrogen) atoms. The first-order chi connectivity index (χ1) is 10.3. The van der Waals surface area contributed by atoms with E-state index in [4.69, 9.17) is 0 Å². The molecule has 0 aliphatic heterocycles. The summed E-state index contributed by atoms with van der Waals surface area (Å²) in [6, 6.07) is 0.834. The summed E-state index contributed by atoms with van der Waals surface area (Å²) < 4.78 is 0. The molecule has 5 heteroatoms. The van der Waals surface area contributed by atoms with Crippen molar-refractivity contribution in [1.29, 1.82) is 0 Å². The molecular weight excluding hydrogens is 264 g/mol. The van der Waals surface area contributed by atoms with Gasteiger partial charge in [0.1, 0.15) is 0 Å². The van der Waals surface area contributed by atoms with Crippen molar-refractivity contribution in [3.05, 3.63) is 12.2 Å². The Balaban J connectivity index is 1.59. The molecule has 0 atom stereocenters. The van der Waals surface area contributed by atoms with E-state index in [1.165, 1.54) is 19.3 Å². The Bertz CT molecular complexity index is 378. The first-order valence-corrected chi connectivity index (χ1v) is 8.19. The Morgan fingerprint density at radius 2 is 1.81 bits per heavy atom. The molecule has 0 radical (unpaired) electrons. The maximum absolute atomic E-state index is 11.9. The van der Waals surface area contributed by atoms with E-state index in [1.807, 2.05) is 0 Å². The van der Waals surface area contributed by atoms with Crippen LogP contribution in [0.5, 0.6) is 0 Å². The van der Waals surface area contributed by atoms with Crippen LogP contribution in [0, 0.1) is 0 Å². The first-order valence-electron chi connectivity index (χ1n) is 8.19. The lowest BCUT2D eigenvalue weighted by molar-refractivity contribution is -0.121. The van der Waals surface area contributed by atoms with Crippen molar-refractivity contribution in [2.24, 2.45) is 4.99 Å². The normalized spacial score (nSPS) is 20.5. The molecule has 0 aromatic carbocycles. The smallest absolute Gasteiger partial charge is 0.221 e. The molecule has 0 heterocycles. The average molecular weight is 292 g/mol. The van der Waals surface area contributed by atoms with Gasteiger partial charge in [0, 0.05) is 32.1 Å². The molecule has 2 rings (SSSR count). The summed E-state index contributed by atoms with van der Waals surface area (Å²) in [7, 11) is 1.76. The van der Waals surface area contributed by atoms with Crippen molar-refractivity contribution in [3.8, 4) is 0 Å². The van der Waals surface area contributed by atoms with Gasteiger partial charge in [0.05, 0.1) is 0 Å². The molecule has 0 unspecified atom stereocenters. The topological polar surface area (TPSA) is 65.5 Å². The van der Waals surface area contributed by atoms with Crippen LogP contribution in [0.3, 0.4) is 0 Å². The molecule has 1 amide bonds. The zero-order chi connectivity index (χ0) is 14.9. The number of rotatable bonds is 5. The van der Waals surface area contributed by atoms with Crippen LogP contribution in [0.15, 0.2) is 17.1 Å². The second-order valence-corrected chi connectivity index (χ2v) is 5.94. The Labute approximate surface area is 127 Å². The molecule has 1 fully saturated rings. The van der Waals surface area contributed by atoms with Crippen LogP contribution in [0.25, 0.3) is 0 Å². The van der Waals surface area contributed by atoms with Gasteiger partial charge < -0.3 is 16.0 Å². The quantitative estimate of drug-likeness (QED) is 0.410. The molecule has 2 aliphatic rings. The summed E-state index contributed by atoms with van der Waals surface area (Å²) >= 11 is 0. The molecule has 0 bridgehead atoms. The van der Waals surface area contributed by atoms with E-state index in [0.717, 1.165) is 31.6 Å². The summed E-state index contributed by atoms with van der Waals surface area (Å²) in [6.07, 6.45) is 13.0. The summed E-state index contributed by atoms with van der Waals surface area (Å²) in [6.45, 7) is 0.623. The average Bonchev–Trinajstić information content (AvgIpc) is 3.00. The molecule has 5 nitrogen and oxygen atoms in total. The number of guanidine groups is 1. The largest absolute Gasteiger partial charge is 0.356 e. The number of nitrogens with one attached hydrogen (secondary N) is 3. The maximum atomic E-state index is 11.9. The lowest BCUT2D eigenvalue weighted by Gasteiger charge is -2.23. The molecule has 0 saturated heterocycles. The predicted molar refractivity (Wildman–Crippen MR) is 86.3 cm³/mol. The van der Waals surface area contributed by atoms with E-state index >= 15 is 0 Å². The van der Waals surface area contributed by atoms with Crippen LogP contribution in [0.1, 0.15) is 51.4 Å². The molecular formula is C16H28N4O. The Hall–Kier alpha value is -1.52. The van der Waals surface area contributed by atoms with E-state index in [-0.39, 0.29) is 5.91 Å². The molecule has 0 aromatic rings. The van der Waals surface area contributed by atoms with Gasteiger partial charge in [-0.05, 0) is 25.7 Å². The van der Waals surface area contributed by atoms with Crippen molar-refractivity contribution in [2.75, 3.05) is 13.6 Å². The van der Waals surface area contributed by atoms with Crippen LogP contribution in [0.2, 0.25) is 0 Å². The zero-order valence-electron chi connectivity index (χ0n) is 13.0. The number of aliphatic imine (C=N–C) groups is 1. The summed E-state index contributed by atoms with van der Waals surface area (Å²) in [5, 5.41) is 9.71. The molecule has 0 spiro atoms. The second-order valence-electron chi connectivity index (χ2n) is 5.94. The Morgan fingerprint density at radius 3 is 2.48 bits per heavy atom. The molecule has 1 saturated carbocycles. The highest BCUT2D eigenvalue weighted by molar-refractivity contribution is 5.81. The van der Waals surface area contributed by atoms with Gasteiger partial charge in [-0.15, -0.1) is 0 Å². The monoisotopic (exact) mass is 292 g/mol. The number of hydrogen-bond donors (Lipinski definition) is 3. The van der Waals surface area contributed by atoms with Crippen molar-refractivity contribution in [3.63, 3.8) is 0 Å². The standard InChI is InChI=1S/C16H28N4O/c1-17-16(20-14-9-5-6-10-14)18-12-11-15(21)19-13-7-3-2-4-8-13/h5-6,13-14H,2-4,7-12H2,1H3,(H,19,21)(H2,17,18,20). The van der Waals surface area contributed by atoms with E-state index in [1.54, 1.807) is 7.05 Å². The SMILES string of the molecule is CN=C(NCCC(=O)NC1CCCCC1)NC1CC=CC1. The van der Waals surface area contributed by atoms with Gasteiger partial charge in [-0.3, -0.25) is 9.79 Å². The lowest BCUT2D eigenvalue weighted by Crippen LogP contribution is -2.44. The second kappa shape index (κ2) is 8.70. The highest BCUT2D eigenvalue weighted by atomic mass is 16.1. The number of nitrogens with zero attached hydrogens (tertiary/aromatic N) is 1. The molecule has 3 N–H and O–H groups in total. The number of carbonyl (C=O) groups excluding carboxylic acids is 1. The molecule has 2 aliphatic carbocycles. The van der Waals surface area contributed by atoms with Crippen molar-refractivity contribution in [2.45, 2.75) is 63.5 Å². The van der Waals surface area contributed by atoms with Crippen LogP contribution in [0.4, 0.5) is 0 Å². The van der Waals surface area contributed by atoms with Gasteiger partial charge >= 0.3 is 0 Å². The fourth-order valence-corrected chi connectivity index (χ4v) is 2.96. The minimum absolute atomic E-state index is 0.146. The number of carbonyl (C=O) groups is 1. The molecule has 118 valence electrons. The first kappa shape index (κ1) is 15.9. The van der Waals surface area contributed by atoms with Crippen molar-refractivity contribution in [1.82, 2.24) is 16.0 Å². The predicted octanol–water partition coefficient (Wildman–Crippen LogP) is 1.71. The molecule has 0 aromatic heterocycles. The minimum Gasteiger partial charge on any atom is -0.356 e. The fourth-order valence-electron chi connectivity index (χ4n) is 2.96. The maximum Gasteiger partial charge on any atom is 0.221 e. The van der Waals surface area contributed by atoms with Crippen molar-refractivity contribution < 1.29 is 4.79 Å². The summed E-state index contributed by atoms with van der Waals surface area (Å²) in [4.78, 5) is 16.1. The minimum atomic E-state index is 0.146. The summed E-state index contributed by atoms with van der Waals surface area (Å²) in [5.41, 5.74) is 0. The van der Waals surface area contributed by atoms with Gasteiger partial charge in [-0.2, -0.15) is 0 Å². The number of amides is 1. The highest BCUT2D eigenvalue weighted by Gasteiger charge is 2.15. The van der Waals surface area contributed by atoms with E-state index in [9.17, 15) is 4.79 Å². The van der Waals surface area contributed by atoms with Gasteiger partial charge in [0.25, 0.3) is 0 Å².